The van der Waals surface area contributed by atoms with Gasteiger partial charge in [-0.3, -0.25) is 4.79 Å². The molecule has 0 fully saturated rings. The molecular formula is C38H40F3N5O2S. The lowest BCUT2D eigenvalue weighted by Crippen LogP contribution is -2.33. The van der Waals surface area contributed by atoms with Crippen LogP contribution in [0.1, 0.15) is 74.2 Å². The maximum atomic E-state index is 13.9. The second kappa shape index (κ2) is 15.5. The third kappa shape index (κ3) is 8.05. The third-order valence-electron chi connectivity index (χ3n) is 8.06. The van der Waals surface area contributed by atoms with Crippen LogP contribution in [0.4, 0.5) is 18.9 Å². The second-order valence-corrected chi connectivity index (χ2v) is 13.1. The fraction of sp³-hybridized carbons (Fsp3) is 0.289. The molecule has 0 radical (unpaired) electrons. The van der Waals surface area contributed by atoms with Gasteiger partial charge in [-0.2, -0.15) is 0 Å². The molecule has 0 aliphatic carbocycles. The topological polar surface area (TPSA) is 106 Å². The largest absolute Gasteiger partial charge is 0.421 e. The van der Waals surface area contributed by atoms with Crippen molar-refractivity contribution in [3.63, 3.8) is 0 Å². The number of nitrogens with zero attached hydrogens (tertiary/aromatic N) is 2. The van der Waals surface area contributed by atoms with E-state index in [9.17, 15) is 18.0 Å². The number of nitrogens with two attached hydrogens (primary N) is 1. The van der Waals surface area contributed by atoms with Crippen molar-refractivity contribution in [1.82, 2.24) is 15.5 Å². The van der Waals surface area contributed by atoms with E-state index in [0.717, 1.165) is 43.7 Å². The summed E-state index contributed by atoms with van der Waals surface area (Å²) in [5, 5.41) is 16.3. The van der Waals surface area contributed by atoms with Gasteiger partial charge in [-0.05, 0) is 78.1 Å². The molecule has 1 atom stereocenters. The SMILES string of the molecule is CC.Cc1nnc(C2=C(CCc3ccc(F)cc3)NC(CC(C)C)=C(C(N)=O)C2c2cc3cccc(NCc4ccc(F)c(F)c4)c3s2)o1. The summed E-state index contributed by atoms with van der Waals surface area (Å²) in [5.74, 6) is -2.39. The van der Waals surface area contributed by atoms with Gasteiger partial charge in [0.2, 0.25) is 17.7 Å². The number of rotatable bonds is 11. The van der Waals surface area contributed by atoms with Crippen molar-refractivity contribution in [2.24, 2.45) is 11.7 Å². The highest BCUT2D eigenvalue weighted by Crippen LogP contribution is 2.48. The molecule has 3 heterocycles. The molecule has 4 N–H and O–H groups in total. The van der Waals surface area contributed by atoms with Gasteiger partial charge in [0.25, 0.3) is 0 Å². The molecule has 0 bridgehead atoms. The van der Waals surface area contributed by atoms with Crippen molar-refractivity contribution in [1.29, 1.82) is 0 Å². The maximum absolute atomic E-state index is 13.9. The smallest absolute Gasteiger partial charge is 0.247 e. The van der Waals surface area contributed by atoms with Crippen molar-refractivity contribution < 1.29 is 22.4 Å². The number of aromatic nitrogens is 2. The number of thiophene rings is 1. The van der Waals surface area contributed by atoms with Crippen LogP contribution in [0.25, 0.3) is 15.7 Å². The lowest BCUT2D eigenvalue weighted by Gasteiger charge is -2.32. The summed E-state index contributed by atoms with van der Waals surface area (Å²) < 4.78 is 48.0. The minimum absolute atomic E-state index is 0.215. The van der Waals surface area contributed by atoms with E-state index in [1.807, 2.05) is 38.1 Å². The van der Waals surface area contributed by atoms with E-state index in [2.05, 4.69) is 34.7 Å². The number of amides is 1. The second-order valence-electron chi connectivity index (χ2n) is 12.0. The molecule has 256 valence electrons. The highest BCUT2D eigenvalue weighted by atomic mass is 32.1. The van der Waals surface area contributed by atoms with Crippen LogP contribution in [0.5, 0.6) is 0 Å². The standard InChI is InChI=1S/C36H34F3N5O2S.C2H6/c1-19(2)15-29-31(35(40)45)33(32(36-44-43-20(3)46-36)27(42-29)14-10-21-7-11-24(37)12-8-21)30-17-23-5-4-6-28(34(23)47-30)41-18-22-9-13-25(38)26(39)16-22;1-2/h4-9,11-13,16-17,19,33,41-42H,10,14-15,18H2,1-3H3,(H2,40,45);1-2H3. The molecule has 11 heteroatoms. The number of aryl methyl sites for hydroxylation is 2. The summed E-state index contributed by atoms with van der Waals surface area (Å²) in [6.07, 6.45) is 1.70. The van der Waals surface area contributed by atoms with Gasteiger partial charge in [-0.1, -0.05) is 58.0 Å². The zero-order valence-corrected chi connectivity index (χ0v) is 29.0. The Morgan fingerprint density at radius 1 is 0.959 bits per heavy atom. The van der Waals surface area contributed by atoms with Gasteiger partial charge in [0.05, 0.1) is 16.3 Å². The summed E-state index contributed by atoms with van der Waals surface area (Å²) in [7, 11) is 0. The quantitative estimate of drug-likeness (QED) is 0.128. The van der Waals surface area contributed by atoms with Crippen LogP contribution in [0.2, 0.25) is 0 Å². The first-order valence-corrected chi connectivity index (χ1v) is 17.2. The molecule has 0 spiro atoms. The number of halogens is 3. The predicted octanol–water partition coefficient (Wildman–Crippen LogP) is 9.16. The molecule has 1 aliphatic heterocycles. The molecule has 7 nitrogen and oxygen atoms in total. The number of carbonyl (C=O) groups excluding carboxylic acids is 1. The average molecular weight is 688 g/mol. The van der Waals surface area contributed by atoms with Crippen molar-refractivity contribution in [3.8, 4) is 0 Å². The van der Waals surface area contributed by atoms with E-state index >= 15 is 0 Å². The van der Waals surface area contributed by atoms with Gasteiger partial charge in [-0.15, -0.1) is 21.5 Å². The number of benzene rings is 3. The van der Waals surface area contributed by atoms with Crippen molar-refractivity contribution in [2.75, 3.05) is 5.32 Å². The highest BCUT2D eigenvalue weighted by Gasteiger charge is 2.38. The Balaban J connectivity index is 0.00000230. The highest BCUT2D eigenvalue weighted by molar-refractivity contribution is 7.19. The van der Waals surface area contributed by atoms with E-state index in [4.69, 9.17) is 10.2 Å². The van der Waals surface area contributed by atoms with Crippen LogP contribution in [-0.2, 0) is 17.8 Å². The summed E-state index contributed by atoms with van der Waals surface area (Å²) in [5.41, 5.74) is 11.2. The molecule has 0 saturated carbocycles. The average Bonchev–Trinajstić information content (AvgIpc) is 3.71. The van der Waals surface area contributed by atoms with Gasteiger partial charge in [0, 0.05) is 40.9 Å². The monoisotopic (exact) mass is 687 g/mol. The summed E-state index contributed by atoms with van der Waals surface area (Å²) in [6.45, 7) is 10.1. The van der Waals surface area contributed by atoms with Gasteiger partial charge >= 0.3 is 0 Å². The summed E-state index contributed by atoms with van der Waals surface area (Å²) >= 11 is 1.50. The number of anilines is 1. The van der Waals surface area contributed by atoms with Gasteiger partial charge in [-0.25, -0.2) is 13.2 Å². The number of nitrogens with one attached hydrogen (secondary N) is 2. The lowest BCUT2D eigenvalue weighted by molar-refractivity contribution is -0.114. The first kappa shape index (κ1) is 35.4. The van der Waals surface area contributed by atoms with Crippen LogP contribution >= 0.6 is 11.3 Å². The Hall–Kier alpha value is -4.90. The van der Waals surface area contributed by atoms with E-state index in [-0.39, 0.29) is 24.2 Å². The summed E-state index contributed by atoms with van der Waals surface area (Å²) in [6, 6.07) is 18.1. The van der Waals surface area contributed by atoms with Crippen LogP contribution < -0.4 is 16.4 Å². The number of dihydropyridines is 1. The lowest BCUT2D eigenvalue weighted by atomic mass is 9.81. The van der Waals surface area contributed by atoms with Gasteiger partial charge in [0.1, 0.15) is 5.82 Å². The molecule has 3 aromatic carbocycles. The minimum Gasteiger partial charge on any atom is -0.421 e. The Labute approximate surface area is 288 Å². The first-order chi connectivity index (χ1) is 23.6. The molecule has 2 aromatic heterocycles. The molecule has 1 unspecified atom stereocenters. The fourth-order valence-corrected chi connectivity index (χ4v) is 7.21. The number of primary amides is 1. The molecule has 1 aliphatic rings. The molecule has 49 heavy (non-hydrogen) atoms. The summed E-state index contributed by atoms with van der Waals surface area (Å²) in [4.78, 5) is 14.2. The number of fused-ring (bicyclic) bond motifs is 1. The van der Waals surface area contributed by atoms with E-state index in [1.54, 1.807) is 19.1 Å². The van der Waals surface area contributed by atoms with Crippen LogP contribution in [0, 0.1) is 30.3 Å². The zero-order chi connectivity index (χ0) is 35.2. The third-order valence-corrected chi connectivity index (χ3v) is 9.30. The molecule has 6 rings (SSSR count). The van der Waals surface area contributed by atoms with E-state index in [1.165, 1.54) is 35.6 Å². The van der Waals surface area contributed by atoms with Crippen LogP contribution in [0.3, 0.4) is 0 Å². The molecular weight excluding hydrogens is 648 g/mol. The number of carbonyl (C=O) groups is 1. The Kier molecular flexibility index (Phi) is 11.2. The first-order valence-electron chi connectivity index (χ1n) is 16.4. The molecule has 1 amide bonds. The predicted molar refractivity (Wildman–Crippen MR) is 189 cm³/mol. The Morgan fingerprint density at radius 3 is 2.35 bits per heavy atom. The van der Waals surface area contributed by atoms with Gasteiger partial charge < -0.3 is 20.8 Å². The molecule has 5 aromatic rings. The molecule has 0 saturated heterocycles. The number of hydrogen-bond acceptors (Lipinski definition) is 7. The van der Waals surface area contributed by atoms with Crippen molar-refractivity contribution in [3.05, 3.63) is 129 Å². The van der Waals surface area contributed by atoms with Crippen molar-refractivity contribution >= 4 is 38.6 Å². The van der Waals surface area contributed by atoms with Crippen molar-refractivity contribution in [2.45, 2.75) is 66.3 Å². The van der Waals surface area contributed by atoms with E-state index < -0.39 is 23.5 Å². The number of allylic oxidation sites excluding steroid dienone is 3. The normalized spacial score (nSPS) is 14.6. The van der Waals surface area contributed by atoms with Crippen LogP contribution in [0.15, 0.2) is 88.1 Å². The van der Waals surface area contributed by atoms with E-state index in [0.29, 0.717) is 41.9 Å². The fourth-order valence-electron chi connectivity index (χ4n) is 5.94. The maximum Gasteiger partial charge on any atom is 0.247 e. The Morgan fingerprint density at radius 2 is 1.69 bits per heavy atom. The zero-order valence-electron chi connectivity index (χ0n) is 28.2. The number of hydrogen-bond donors (Lipinski definition) is 3. The minimum atomic E-state index is -0.902. The van der Waals surface area contributed by atoms with Gasteiger partial charge in [0.15, 0.2) is 11.6 Å². The Bertz CT molecular complexity index is 2010. The van der Waals surface area contributed by atoms with Crippen LogP contribution in [-0.4, -0.2) is 16.1 Å².